The van der Waals surface area contributed by atoms with Crippen molar-refractivity contribution in [3.8, 4) is 0 Å². The molecule has 2 aliphatic heterocycles. The van der Waals surface area contributed by atoms with Crippen LogP contribution in [-0.4, -0.2) is 67.8 Å². The summed E-state index contributed by atoms with van der Waals surface area (Å²) in [4.78, 5) is 26.6. The van der Waals surface area contributed by atoms with E-state index in [1.165, 1.54) is 22.4 Å². The van der Waals surface area contributed by atoms with Crippen molar-refractivity contribution in [2.45, 2.75) is 83.4 Å². The lowest BCUT2D eigenvalue weighted by Crippen LogP contribution is -2.44. The van der Waals surface area contributed by atoms with Crippen molar-refractivity contribution < 1.29 is 9.90 Å². The van der Waals surface area contributed by atoms with Crippen molar-refractivity contribution in [3.63, 3.8) is 0 Å². The Kier molecular flexibility index (Phi) is 10.5. The van der Waals surface area contributed by atoms with Crippen molar-refractivity contribution in [2.24, 2.45) is 11.8 Å². The Bertz CT molecular complexity index is 1470. The van der Waals surface area contributed by atoms with E-state index in [2.05, 4.69) is 53.9 Å². The molecule has 1 aliphatic carbocycles. The van der Waals surface area contributed by atoms with Crippen LogP contribution in [0.1, 0.15) is 78.9 Å². The summed E-state index contributed by atoms with van der Waals surface area (Å²) in [5, 5.41) is 12.2. The lowest BCUT2D eigenvalue weighted by atomic mass is 9.76. The number of pyridine rings is 1. The van der Waals surface area contributed by atoms with Crippen LogP contribution >= 0.6 is 43.5 Å². The second-order valence-corrected chi connectivity index (χ2v) is 15.2. The Balaban J connectivity index is 1.08. The Morgan fingerprint density at radius 2 is 1.82 bits per heavy atom. The number of piperidine rings is 1. The van der Waals surface area contributed by atoms with E-state index in [1.807, 2.05) is 34.9 Å². The van der Waals surface area contributed by atoms with Gasteiger partial charge in [-0.3, -0.25) is 14.7 Å². The normalized spacial score (nSPS) is 22.4. The van der Waals surface area contributed by atoms with Gasteiger partial charge in [0.2, 0.25) is 5.91 Å². The van der Waals surface area contributed by atoms with Crippen LogP contribution in [-0.2, 0) is 24.2 Å². The Morgan fingerprint density at radius 3 is 2.59 bits per heavy atom. The van der Waals surface area contributed by atoms with E-state index in [4.69, 9.17) is 16.6 Å². The Morgan fingerprint density at radius 1 is 1.02 bits per heavy atom. The zero-order chi connectivity index (χ0) is 30.8. The van der Waals surface area contributed by atoms with Crippen molar-refractivity contribution >= 4 is 49.4 Å². The number of nitrogens with zero attached hydrogens (tertiary/aromatic N) is 5. The third-order valence-electron chi connectivity index (χ3n) is 9.96. The zero-order valence-corrected chi connectivity index (χ0v) is 29.3. The fourth-order valence-corrected chi connectivity index (χ4v) is 9.16. The molecule has 3 aromatic rings. The molecule has 2 unspecified atom stereocenters. The van der Waals surface area contributed by atoms with E-state index < -0.39 is 6.23 Å². The standard InChI is InChI=1S/C34H42Br2ClN5O2/c1-22-19-40(21-39-22)20-31(44)41-10-3-2-4-23(7-11-41)14-30(43)42-12-8-24(9-13-42)33-32-25(16-28(37)17-29(32)36)5-6-26-15-27(35)18-38-34(26)33/h15-19,21,23-24,30,33,43H,2-14,20H2,1H3/t23?,30?,33-/m1/s1. The first-order valence-electron chi connectivity index (χ1n) is 16.1. The molecule has 2 fully saturated rings. The van der Waals surface area contributed by atoms with Crippen LogP contribution in [0, 0.1) is 18.8 Å². The fourth-order valence-electron chi connectivity index (χ4n) is 7.66. The molecular formula is C34H42Br2ClN5O2. The van der Waals surface area contributed by atoms with Crippen molar-refractivity contribution in [1.29, 1.82) is 0 Å². The molecule has 2 saturated heterocycles. The maximum absolute atomic E-state index is 13.0. The van der Waals surface area contributed by atoms with Crippen LogP contribution in [0.25, 0.3) is 0 Å². The molecule has 3 atom stereocenters. The molecule has 2 aromatic heterocycles. The molecule has 3 aliphatic rings. The molecule has 44 heavy (non-hydrogen) atoms. The monoisotopic (exact) mass is 745 g/mol. The summed E-state index contributed by atoms with van der Waals surface area (Å²) < 4.78 is 3.96. The number of fused-ring (bicyclic) bond motifs is 2. The first-order chi connectivity index (χ1) is 21.2. The second-order valence-electron chi connectivity index (χ2n) is 12.9. The number of aliphatic hydroxyl groups is 1. The number of aliphatic hydroxyl groups excluding tert-OH is 1. The van der Waals surface area contributed by atoms with E-state index in [1.54, 1.807) is 6.33 Å². The highest BCUT2D eigenvalue weighted by Crippen LogP contribution is 2.46. The summed E-state index contributed by atoms with van der Waals surface area (Å²) in [6.45, 7) is 5.60. The van der Waals surface area contributed by atoms with Gasteiger partial charge in [-0.2, -0.15) is 0 Å². The second kappa shape index (κ2) is 14.3. The minimum Gasteiger partial charge on any atom is -0.378 e. The van der Waals surface area contributed by atoms with Gasteiger partial charge >= 0.3 is 0 Å². The number of likely N-dealkylation sites (tertiary alicyclic amines) is 2. The number of carbonyl (C=O) groups excluding carboxylic acids is 1. The minimum absolute atomic E-state index is 0.156. The molecule has 7 nitrogen and oxygen atoms in total. The summed E-state index contributed by atoms with van der Waals surface area (Å²) in [7, 11) is 0. The average Bonchev–Trinajstić information content (AvgIpc) is 3.31. The highest BCUT2D eigenvalue weighted by Gasteiger charge is 2.37. The molecule has 10 heteroatoms. The smallest absolute Gasteiger partial charge is 0.242 e. The van der Waals surface area contributed by atoms with Crippen molar-refractivity contribution in [3.05, 3.63) is 79.0 Å². The SMILES string of the molecule is Cc1cn(CC(=O)N2CCCCC(CC(O)N3CCC([C@H]4c5ncc(Br)cc5CCc5cc(Cl)cc(Br)c54)CC3)CC2)cn1. The molecule has 0 saturated carbocycles. The van der Waals surface area contributed by atoms with Gasteiger partial charge in [0.1, 0.15) is 12.8 Å². The van der Waals surface area contributed by atoms with Crippen LogP contribution in [0.4, 0.5) is 0 Å². The topological polar surface area (TPSA) is 74.5 Å². The van der Waals surface area contributed by atoms with E-state index in [0.29, 0.717) is 18.4 Å². The van der Waals surface area contributed by atoms with E-state index in [9.17, 15) is 9.90 Å². The molecular weight excluding hydrogens is 706 g/mol. The number of aromatic nitrogens is 3. The lowest BCUT2D eigenvalue weighted by Gasteiger charge is -2.40. The van der Waals surface area contributed by atoms with E-state index in [0.717, 1.165) is 104 Å². The van der Waals surface area contributed by atoms with Gasteiger partial charge in [0.15, 0.2) is 0 Å². The van der Waals surface area contributed by atoms with Crippen LogP contribution in [0.2, 0.25) is 5.02 Å². The first-order valence-corrected chi connectivity index (χ1v) is 18.0. The molecule has 6 rings (SSSR count). The molecule has 236 valence electrons. The molecule has 1 amide bonds. The predicted octanol–water partition coefficient (Wildman–Crippen LogP) is 7.13. The van der Waals surface area contributed by atoms with Crippen LogP contribution < -0.4 is 0 Å². The molecule has 0 bridgehead atoms. The summed E-state index contributed by atoms with van der Waals surface area (Å²) in [6, 6.07) is 6.40. The molecule has 1 N–H and O–H groups in total. The fraction of sp³-hybridized carbons (Fsp3) is 0.559. The number of imidazole rings is 1. The van der Waals surface area contributed by atoms with Crippen molar-refractivity contribution in [1.82, 2.24) is 24.3 Å². The number of rotatable bonds is 6. The number of carbonyl (C=O) groups is 1. The maximum atomic E-state index is 13.0. The highest BCUT2D eigenvalue weighted by molar-refractivity contribution is 9.10. The Hall–Kier alpha value is -1.78. The number of hydrogen-bond donors (Lipinski definition) is 1. The van der Waals surface area contributed by atoms with E-state index >= 15 is 0 Å². The third-order valence-corrected chi connectivity index (χ3v) is 11.3. The quantitative estimate of drug-likeness (QED) is 0.291. The molecule has 0 radical (unpaired) electrons. The lowest BCUT2D eigenvalue weighted by molar-refractivity contribution is -0.132. The van der Waals surface area contributed by atoms with Gasteiger partial charge in [-0.05, 0) is 115 Å². The van der Waals surface area contributed by atoms with Gasteiger partial charge in [0, 0.05) is 58.5 Å². The van der Waals surface area contributed by atoms with Gasteiger partial charge in [0.25, 0.3) is 0 Å². The van der Waals surface area contributed by atoms with Crippen LogP contribution in [0.5, 0.6) is 0 Å². The summed E-state index contributed by atoms with van der Waals surface area (Å²) >= 11 is 14.0. The van der Waals surface area contributed by atoms with Gasteiger partial charge in [0.05, 0.1) is 17.7 Å². The first kappa shape index (κ1) is 32.2. The highest BCUT2D eigenvalue weighted by atomic mass is 79.9. The summed E-state index contributed by atoms with van der Waals surface area (Å²) in [6.07, 6.45) is 14.0. The molecule has 1 aromatic carbocycles. The van der Waals surface area contributed by atoms with E-state index in [-0.39, 0.29) is 11.8 Å². The number of halogens is 3. The number of hydrogen-bond acceptors (Lipinski definition) is 5. The van der Waals surface area contributed by atoms with Gasteiger partial charge in [-0.1, -0.05) is 40.4 Å². The summed E-state index contributed by atoms with van der Waals surface area (Å²) in [5.74, 6) is 1.20. The van der Waals surface area contributed by atoms with Gasteiger partial charge in [-0.25, -0.2) is 4.98 Å². The van der Waals surface area contributed by atoms with Crippen LogP contribution in [0.3, 0.4) is 0 Å². The number of aryl methyl sites for hydroxylation is 3. The largest absolute Gasteiger partial charge is 0.378 e. The Labute approximate surface area is 282 Å². The van der Waals surface area contributed by atoms with Crippen LogP contribution in [0.15, 0.2) is 45.9 Å². The maximum Gasteiger partial charge on any atom is 0.242 e. The predicted molar refractivity (Wildman–Crippen MR) is 181 cm³/mol. The van der Waals surface area contributed by atoms with Crippen molar-refractivity contribution in [2.75, 3.05) is 26.2 Å². The summed E-state index contributed by atoms with van der Waals surface area (Å²) in [5.41, 5.74) is 6.06. The third kappa shape index (κ3) is 7.43. The van der Waals surface area contributed by atoms with Gasteiger partial charge in [-0.15, -0.1) is 0 Å². The molecule has 0 spiro atoms. The number of amides is 1. The van der Waals surface area contributed by atoms with Gasteiger partial charge < -0.3 is 14.6 Å². The minimum atomic E-state index is -0.452. The number of benzene rings is 1. The average molecular weight is 748 g/mol. The zero-order valence-electron chi connectivity index (χ0n) is 25.4. The molecule has 4 heterocycles.